The van der Waals surface area contributed by atoms with Crippen molar-refractivity contribution in [2.45, 2.75) is 38.2 Å². The Morgan fingerprint density at radius 3 is 2.41 bits per heavy atom. The van der Waals surface area contributed by atoms with Gasteiger partial charge in [-0.25, -0.2) is 8.42 Å². The number of carbonyl (C=O) groups excluding carboxylic acids is 1. The number of hydrogen-bond donors (Lipinski definition) is 2. The van der Waals surface area contributed by atoms with E-state index in [4.69, 9.17) is 16.3 Å². The van der Waals surface area contributed by atoms with Crippen molar-refractivity contribution >= 4 is 38.9 Å². The molecule has 1 amide bonds. The second-order valence-electron chi connectivity index (χ2n) is 7.25. The van der Waals surface area contributed by atoms with Gasteiger partial charge < -0.3 is 10.1 Å². The first-order valence-electron chi connectivity index (χ1n) is 10.1. The zero-order valence-electron chi connectivity index (χ0n) is 18.1. The molecule has 3 aromatic carbocycles. The molecule has 0 aliphatic carbocycles. The number of anilines is 2. The van der Waals surface area contributed by atoms with E-state index in [1.807, 2.05) is 31.2 Å². The first-order chi connectivity index (χ1) is 15.2. The summed E-state index contributed by atoms with van der Waals surface area (Å²) in [5, 5.41) is 3.22. The fourth-order valence-electron chi connectivity index (χ4n) is 3.04. The van der Waals surface area contributed by atoms with Gasteiger partial charge in [-0.1, -0.05) is 42.8 Å². The normalized spacial score (nSPS) is 12.1. The molecule has 1 atom stereocenters. The lowest BCUT2D eigenvalue weighted by Gasteiger charge is -2.17. The van der Waals surface area contributed by atoms with Gasteiger partial charge >= 0.3 is 0 Å². The summed E-state index contributed by atoms with van der Waals surface area (Å²) in [4.78, 5) is 12.6. The number of amides is 1. The van der Waals surface area contributed by atoms with E-state index in [2.05, 4.69) is 10.0 Å². The standard InChI is InChI=1S/C24H25ClN2O4S/c1-4-18-8-5-6-11-23(18)31-17(3)24(28)26-19-12-14-20(15-13-19)32(29,30)27-22-10-7-9-21(25)16(22)2/h5-15,17,27H,4H2,1-3H3,(H,26,28). The highest BCUT2D eigenvalue weighted by atomic mass is 35.5. The van der Waals surface area contributed by atoms with Crippen molar-refractivity contribution in [3.8, 4) is 5.75 Å². The van der Waals surface area contributed by atoms with E-state index in [0.29, 0.717) is 27.7 Å². The Morgan fingerprint density at radius 2 is 1.72 bits per heavy atom. The number of nitrogens with one attached hydrogen (secondary N) is 2. The lowest BCUT2D eigenvalue weighted by atomic mass is 10.1. The lowest BCUT2D eigenvalue weighted by molar-refractivity contribution is -0.122. The van der Waals surface area contributed by atoms with Crippen LogP contribution < -0.4 is 14.8 Å². The van der Waals surface area contributed by atoms with E-state index in [9.17, 15) is 13.2 Å². The Kier molecular flexibility index (Phi) is 7.43. The molecule has 1 unspecified atom stereocenters. The van der Waals surface area contributed by atoms with Gasteiger partial charge in [0.25, 0.3) is 15.9 Å². The maximum atomic E-state index is 12.7. The zero-order valence-corrected chi connectivity index (χ0v) is 19.6. The molecule has 6 nitrogen and oxygen atoms in total. The first-order valence-corrected chi connectivity index (χ1v) is 12.0. The van der Waals surface area contributed by atoms with Gasteiger partial charge in [-0.05, 0) is 73.9 Å². The minimum absolute atomic E-state index is 0.0658. The van der Waals surface area contributed by atoms with Crippen LogP contribution in [0.5, 0.6) is 5.75 Å². The van der Waals surface area contributed by atoms with Crippen molar-refractivity contribution in [2.24, 2.45) is 0 Å². The van der Waals surface area contributed by atoms with Gasteiger partial charge in [-0.2, -0.15) is 0 Å². The molecule has 0 aliphatic rings. The maximum Gasteiger partial charge on any atom is 0.265 e. The summed E-state index contributed by atoms with van der Waals surface area (Å²) in [5.74, 6) is 0.334. The first kappa shape index (κ1) is 23.6. The summed E-state index contributed by atoms with van der Waals surface area (Å²) in [6.45, 7) is 5.42. The molecule has 0 spiro atoms. The summed E-state index contributed by atoms with van der Waals surface area (Å²) < 4.78 is 33.8. The van der Waals surface area contributed by atoms with Crippen molar-refractivity contribution in [1.29, 1.82) is 0 Å². The summed E-state index contributed by atoms with van der Waals surface area (Å²) in [6.07, 6.45) is 0.0713. The Balaban J connectivity index is 1.67. The maximum absolute atomic E-state index is 12.7. The van der Waals surface area contributed by atoms with Gasteiger partial charge in [-0.15, -0.1) is 0 Å². The minimum atomic E-state index is -3.81. The Bertz CT molecular complexity index is 1210. The fraction of sp³-hybridized carbons (Fsp3) is 0.208. The van der Waals surface area contributed by atoms with Crippen molar-refractivity contribution in [3.63, 3.8) is 0 Å². The highest BCUT2D eigenvalue weighted by Crippen LogP contribution is 2.26. The highest BCUT2D eigenvalue weighted by Gasteiger charge is 2.18. The number of sulfonamides is 1. The Morgan fingerprint density at radius 1 is 1.03 bits per heavy atom. The van der Waals surface area contributed by atoms with Crippen molar-refractivity contribution in [3.05, 3.63) is 82.9 Å². The third kappa shape index (κ3) is 5.60. The molecule has 0 aliphatic heterocycles. The Hall–Kier alpha value is -3.03. The molecule has 3 aromatic rings. The molecule has 0 radical (unpaired) electrons. The molecule has 2 N–H and O–H groups in total. The third-order valence-corrected chi connectivity index (χ3v) is 6.76. The molecule has 8 heteroatoms. The molecule has 0 saturated carbocycles. The fourth-order valence-corrected chi connectivity index (χ4v) is 4.34. The molecular formula is C24H25ClN2O4S. The largest absolute Gasteiger partial charge is 0.481 e. The number of hydrogen-bond acceptors (Lipinski definition) is 4. The predicted molar refractivity (Wildman–Crippen MR) is 128 cm³/mol. The van der Waals surface area contributed by atoms with Gasteiger partial charge in [0.1, 0.15) is 5.75 Å². The smallest absolute Gasteiger partial charge is 0.265 e. The van der Waals surface area contributed by atoms with E-state index in [1.54, 1.807) is 32.0 Å². The van der Waals surface area contributed by atoms with Crippen molar-refractivity contribution in [2.75, 3.05) is 10.0 Å². The van der Waals surface area contributed by atoms with Crippen LogP contribution in [0.4, 0.5) is 11.4 Å². The van der Waals surface area contributed by atoms with Crippen LogP contribution in [-0.4, -0.2) is 20.4 Å². The summed E-state index contributed by atoms with van der Waals surface area (Å²) in [6, 6.07) is 18.5. The average Bonchev–Trinajstić information content (AvgIpc) is 2.77. The van der Waals surface area contributed by atoms with Gasteiger partial charge in [0.15, 0.2) is 6.10 Å². The average molecular weight is 473 g/mol. The molecule has 0 fully saturated rings. The topological polar surface area (TPSA) is 84.5 Å². The Labute approximate surface area is 193 Å². The molecule has 0 aromatic heterocycles. The molecule has 0 saturated heterocycles. The van der Waals surface area contributed by atoms with Crippen LogP contribution in [0, 0.1) is 6.92 Å². The van der Waals surface area contributed by atoms with Crippen LogP contribution in [0.3, 0.4) is 0 Å². The van der Waals surface area contributed by atoms with Gasteiger partial charge in [-0.3, -0.25) is 9.52 Å². The predicted octanol–water partition coefficient (Wildman–Crippen LogP) is 5.42. The monoisotopic (exact) mass is 472 g/mol. The van der Waals surface area contributed by atoms with E-state index in [0.717, 1.165) is 12.0 Å². The van der Waals surface area contributed by atoms with Crippen LogP contribution >= 0.6 is 11.6 Å². The van der Waals surface area contributed by atoms with Crippen LogP contribution in [-0.2, 0) is 21.2 Å². The van der Waals surface area contributed by atoms with E-state index < -0.39 is 16.1 Å². The molecular weight excluding hydrogens is 448 g/mol. The van der Waals surface area contributed by atoms with E-state index in [1.165, 1.54) is 24.3 Å². The van der Waals surface area contributed by atoms with Crippen LogP contribution in [0.25, 0.3) is 0 Å². The summed E-state index contributed by atoms with van der Waals surface area (Å²) >= 11 is 6.07. The molecule has 32 heavy (non-hydrogen) atoms. The van der Waals surface area contributed by atoms with Crippen LogP contribution in [0.1, 0.15) is 25.0 Å². The molecule has 3 rings (SSSR count). The van der Waals surface area contributed by atoms with E-state index >= 15 is 0 Å². The van der Waals surface area contributed by atoms with Gasteiger partial charge in [0, 0.05) is 10.7 Å². The highest BCUT2D eigenvalue weighted by molar-refractivity contribution is 7.92. The summed E-state index contributed by atoms with van der Waals surface area (Å²) in [7, 11) is -3.81. The second kappa shape index (κ2) is 10.1. The van der Waals surface area contributed by atoms with Crippen LogP contribution in [0.15, 0.2) is 71.6 Å². The lowest BCUT2D eigenvalue weighted by Crippen LogP contribution is -2.30. The summed E-state index contributed by atoms with van der Waals surface area (Å²) in [5.41, 5.74) is 2.53. The number of benzene rings is 3. The number of rotatable bonds is 8. The van der Waals surface area contributed by atoms with Crippen molar-refractivity contribution < 1.29 is 17.9 Å². The third-order valence-electron chi connectivity index (χ3n) is 4.97. The zero-order chi connectivity index (χ0) is 23.3. The minimum Gasteiger partial charge on any atom is -0.481 e. The second-order valence-corrected chi connectivity index (χ2v) is 9.34. The number of carbonyl (C=O) groups is 1. The number of aryl methyl sites for hydroxylation is 1. The van der Waals surface area contributed by atoms with Gasteiger partial charge in [0.2, 0.25) is 0 Å². The number of halogens is 1. The quantitative estimate of drug-likeness (QED) is 0.458. The molecule has 0 bridgehead atoms. The SMILES string of the molecule is CCc1ccccc1OC(C)C(=O)Nc1ccc(S(=O)(=O)Nc2cccc(Cl)c2C)cc1. The van der Waals surface area contributed by atoms with E-state index in [-0.39, 0.29) is 10.8 Å². The number of para-hydroxylation sites is 1. The van der Waals surface area contributed by atoms with Gasteiger partial charge in [0.05, 0.1) is 10.6 Å². The van der Waals surface area contributed by atoms with Crippen molar-refractivity contribution in [1.82, 2.24) is 0 Å². The molecule has 0 heterocycles. The van der Waals surface area contributed by atoms with Crippen LogP contribution in [0.2, 0.25) is 5.02 Å². The molecule has 168 valence electrons. The number of ether oxygens (including phenoxy) is 1.